The predicted molar refractivity (Wildman–Crippen MR) is 85.1 cm³/mol. The van der Waals surface area contributed by atoms with E-state index in [2.05, 4.69) is 37.7 Å². The van der Waals surface area contributed by atoms with E-state index in [-0.39, 0.29) is 6.04 Å². The molecule has 0 aliphatic carbocycles. The van der Waals surface area contributed by atoms with Crippen LogP contribution in [0.1, 0.15) is 46.7 Å². The third-order valence-electron chi connectivity index (χ3n) is 3.86. The lowest BCUT2D eigenvalue weighted by molar-refractivity contribution is 0.0700. The van der Waals surface area contributed by atoms with E-state index < -0.39 is 5.97 Å². The Morgan fingerprint density at radius 2 is 2.14 bits per heavy atom. The average Bonchev–Trinajstić information content (AvgIpc) is 2.70. The molecule has 21 heavy (non-hydrogen) atoms. The van der Waals surface area contributed by atoms with Crippen molar-refractivity contribution in [3.05, 3.63) is 15.6 Å². The normalized spacial score (nSPS) is 21.7. The molecule has 1 saturated heterocycles. The summed E-state index contributed by atoms with van der Waals surface area (Å²) in [5.41, 5.74) is 0.748. The van der Waals surface area contributed by atoms with Crippen molar-refractivity contribution in [1.82, 2.24) is 14.8 Å². The van der Waals surface area contributed by atoms with Crippen molar-refractivity contribution in [2.75, 3.05) is 33.7 Å². The summed E-state index contributed by atoms with van der Waals surface area (Å²) in [5.74, 6) is -0.438. The Morgan fingerprint density at radius 3 is 2.76 bits per heavy atom. The van der Waals surface area contributed by atoms with Crippen LogP contribution < -0.4 is 0 Å². The highest BCUT2D eigenvalue weighted by Gasteiger charge is 2.28. The van der Waals surface area contributed by atoms with E-state index in [9.17, 15) is 9.90 Å². The van der Waals surface area contributed by atoms with Crippen molar-refractivity contribution in [2.45, 2.75) is 32.7 Å². The lowest BCUT2D eigenvalue weighted by Crippen LogP contribution is -2.30. The van der Waals surface area contributed by atoms with Gasteiger partial charge in [-0.2, -0.15) is 0 Å². The van der Waals surface area contributed by atoms with Crippen LogP contribution in [-0.4, -0.2) is 59.6 Å². The van der Waals surface area contributed by atoms with E-state index in [0.29, 0.717) is 10.8 Å². The minimum Gasteiger partial charge on any atom is -0.477 e. The third-order valence-corrected chi connectivity index (χ3v) is 5.05. The number of rotatable bonds is 4. The van der Waals surface area contributed by atoms with Crippen LogP contribution >= 0.6 is 11.3 Å². The van der Waals surface area contributed by atoms with Gasteiger partial charge in [-0.15, -0.1) is 11.3 Å². The first-order valence-corrected chi connectivity index (χ1v) is 8.31. The van der Waals surface area contributed by atoms with Gasteiger partial charge in [0.1, 0.15) is 9.88 Å². The number of hydrogen-bond acceptors (Lipinski definition) is 5. The number of carbonyl (C=O) groups is 1. The quantitative estimate of drug-likeness (QED) is 0.925. The summed E-state index contributed by atoms with van der Waals surface area (Å²) in [6, 6.07) is 0.196. The fourth-order valence-corrected chi connectivity index (χ4v) is 3.83. The zero-order valence-corrected chi connectivity index (χ0v) is 14.1. The summed E-state index contributed by atoms with van der Waals surface area (Å²) in [6.45, 7) is 7.20. The van der Waals surface area contributed by atoms with Gasteiger partial charge in [0, 0.05) is 6.54 Å². The molecule has 1 atom stereocenters. The predicted octanol–water partition coefficient (Wildman–Crippen LogP) is 2.35. The van der Waals surface area contributed by atoms with Gasteiger partial charge in [-0.1, -0.05) is 13.8 Å². The molecule has 0 aromatic carbocycles. The number of nitrogens with zero attached hydrogens (tertiary/aromatic N) is 3. The Morgan fingerprint density at radius 1 is 1.43 bits per heavy atom. The zero-order valence-electron chi connectivity index (χ0n) is 13.3. The summed E-state index contributed by atoms with van der Waals surface area (Å²) >= 11 is 1.35. The lowest BCUT2D eigenvalue weighted by Gasteiger charge is -2.25. The number of likely N-dealkylation sites (N-methyl/N-ethyl adjacent to an activating group) is 2. The first kappa shape index (κ1) is 16.4. The van der Waals surface area contributed by atoms with Crippen molar-refractivity contribution < 1.29 is 9.90 Å². The fourth-order valence-electron chi connectivity index (χ4n) is 2.74. The molecule has 1 N–H and O–H groups in total. The van der Waals surface area contributed by atoms with Crippen molar-refractivity contribution in [1.29, 1.82) is 0 Å². The van der Waals surface area contributed by atoms with Gasteiger partial charge in [-0.25, -0.2) is 9.78 Å². The molecule has 1 aromatic rings. The second-order valence-corrected chi connectivity index (χ2v) is 7.37. The Balaban J connectivity index is 2.31. The molecule has 1 fully saturated rings. The maximum atomic E-state index is 11.5. The van der Waals surface area contributed by atoms with Gasteiger partial charge in [0.2, 0.25) is 0 Å². The first-order chi connectivity index (χ1) is 9.88. The Labute approximate surface area is 130 Å². The molecule has 1 aromatic heterocycles. The minimum absolute atomic E-state index is 0.196. The second-order valence-electron chi connectivity index (χ2n) is 6.34. The van der Waals surface area contributed by atoms with E-state index in [1.165, 1.54) is 11.3 Å². The standard InChI is InChI=1S/C15H25N3O2S/c1-10(2)8-11-13(15(19)20)21-14(16-11)12-9-17(3)6-5-7-18(12)4/h10,12H,5-9H2,1-4H3,(H,19,20). The maximum Gasteiger partial charge on any atom is 0.347 e. The number of carboxylic acid groups (broad SMARTS) is 1. The number of carboxylic acids is 1. The number of thiazole rings is 1. The number of hydrogen-bond donors (Lipinski definition) is 1. The van der Waals surface area contributed by atoms with Crippen LogP contribution in [-0.2, 0) is 6.42 Å². The first-order valence-electron chi connectivity index (χ1n) is 7.50. The molecular formula is C15H25N3O2S. The zero-order chi connectivity index (χ0) is 15.6. The summed E-state index contributed by atoms with van der Waals surface area (Å²) in [5, 5.41) is 10.4. The minimum atomic E-state index is -0.848. The van der Waals surface area contributed by atoms with Gasteiger partial charge in [0.25, 0.3) is 0 Å². The average molecular weight is 311 g/mol. The van der Waals surface area contributed by atoms with Gasteiger partial charge < -0.3 is 10.0 Å². The maximum absolute atomic E-state index is 11.5. The lowest BCUT2D eigenvalue weighted by atomic mass is 10.1. The summed E-state index contributed by atoms with van der Waals surface area (Å²) in [6.07, 6.45) is 1.87. The Bertz CT molecular complexity index is 501. The summed E-state index contributed by atoms with van der Waals surface area (Å²) in [7, 11) is 4.22. The molecule has 1 aliphatic rings. The van der Waals surface area contributed by atoms with Gasteiger partial charge in [0.05, 0.1) is 11.7 Å². The monoisotopic (exact) mass is 311 g/mol. The summed E-state index contributed by atoms with van der Waals surface area (Å²) < 4.78 is 0. The fraction of sp³-hybridized carbons (Fsp3) is 0.733. The van der Waals surface area contributed by atoms with Crippen molar-refractivity contribution in [3.63, 3.8) is 0 Å². The SMILES string of the molecule is CC(C)Cc1nc(C2CN(C)CCCN2C)sc1C(=O)O. The largest absolute Gasteiger partial charge is 0.477 e. The smallest absolute Gasteiger partial charge is 0.347 e. The van der Waals surface area contributed by atoms with Crippen LogP contribution in [0.5, 0.6) is 0 Å². The molecule has 2 heterocycles. The Hall–Kier alpha value is -0.980. The van der Waals surface area contributed by atoms with E-state index in [0.717, 1.165) is 43.2 Å². The molecule has 0 radical (unpaired) electrons. The van der Waals surface area contributed by atoms with Crippen LogP contribution in [0.2, 0.25) is 0 Å². The van der Waals surface area contributed by atoms with E-state index in [1.807, 2.05) is 0 Å². The molecule has 0 amide bonds. The van der Waals surface area contributed by atoms with Crippen LogP contribution in [0.4, 0.5) is 0 Å². The van der Waals surface area contributed by atoms with Crippen molar-refractivity contribution in [3.8, 4) is 0 Å². The van der Waals surface area contributed by atoms with Crippen LogP contribution in [0.3, 0.4) is 0 Å². The number of aromatic carboxylic acids is 1. The topological polar surface area (TPSA) is 56.7 Å². The highest BCUT2D eigenvalue weighted by atomic mass is 32.1. The van der Waals surface area contributed by atoms with Gasteiger partial charge in [-0.05, 0) is 45.9 Å². The molecule has 1 unspecified atom stereocenters. The van der Waals surface area contributed by atoms with Gasteiger partial charge in [0.15, 0.2) is 0 Å². The van der Waals surface area contributed by atoms with E-state index in [1.54, 1.807) is 0 Å². The van der Waals surface area contributed by atoms with E-state index >= 15 is 0 Å². The van der Waals surface area contributed by atoms with Crippen LogP contribution in [0.15, 0.2) is 0 Å². The second kappa shape index (κ2) is 6.85. The highest BCUT2D eigenvalue weighted by molar-refractivity contribution is 7.13. The number of aromatic nitrogens is 1. The summed E-state index contributed by atoms with van der Waals surface area (Å²) in [4.78, 5) is 21.2. The van der Waals surface area contributed by atoms with Crippen molar-refractivity contribution >= 4 is 17.3 Å². The molecule has 1 aliphatic heterocycles. The molecular weight excluding hydrogens is 286 g/mol. The molecule has 5 nitrogen and oxygen atoms in total. The highest BCUT2D eigenvalue weighted by Crippen LogP contribution is 2.30. The molecule has 0 spiro atoms. The van der Waals surface area contributed by atoms with Gasteiger partial charge in [-0.3, -0.25) is 4.90 Å². The molecule has 6 heteroatoms. The third kappa shape index (κ3) is 4.02. The van der Waals surface area contributed by atoms with Crippen LogP contribution in [0, 0.1) is 5.92 Å². The molecule has 0 bridgehead atoms. The van der Waals surface area contributed by atoms with E-state index in [4.69, 9.17) is 4.98 Å². The molecule has 2 rings (SSSR count). The molecule has 118 valence electrons. The van der Waals surface area contributed by atoms with Crippen molar-refractivity contribution in [2.24, 2.45) is 5.92 Å². The Kier molecular flexibility index (Phi) is 5.35. The molecule has 0 saturated carbocycles. The van der Waals surface area contributed by atoms with Gasteiger partial charge >= 0.3 is 5.97 Å². The van der Waals surface area contributed by atoms with Crippen LogP contribution in [0.25, 0.3) is 0 Å².